The summed E-state index contributed by atoms with van der Waals surface area (Å²) >= 11 is 1.57. The van der Waals surface area contributed by atoms with E-state index in [1.54, 1.807) is 30.1 Å². The zero-order chi connectivity index (χ0) is 24.7. The number of benzene rings is 1. The van der Waals surface area contributed by atoms with Gasteiger partial charge >= 0.3 is 0 Å². The zero-order valence-electron chi connectivity index (χ0n) is 19.9. The number of alkyl halides is 1. The van der Waals surface area contributed by atoms with Gasteiger partial charge in [0.2, 0.25) is 5.91 Å². The van der Waals surface area contributed by atoms with Crippen LogP contribution in [-0.2, 0) is 9.53 Å². The third-order valence-electron chi connectivity index (χ3n) is 6.21. The number of ether oxygens (including phenoxy) is 1. The van der Waals surface area contributed by atoms with E-state index >= 15 is 0 Å². The summed E-state index contributed by atoms with van der Waals surface area (Å²) in [6, 6.07) is 10.2. The first kappa shape index (κ1) is 26.6. The van der Waals surface area contributed by atoms with E-state index in [1.165, 1.54) is 0 Å². The molecule has 0 radical (unpaired) electrons. The molecule has 186 valence electrons. The van der Waals surface area contributed by atoms with Gasteiger partial charge in [0.25, 0.3) is 0 Å². The molecular weight excluding hydrogens is 457 g/mol. The SMILES string of the molecule is CSc1ccc(-c2ccc([C@@H](O)[C@@H](CF)NC(=O)CCN(C)[C@H]3C[C@@H](C)O[C@@H](O)C3)cc2)cn1. The Morgan fingerprint density at radius 2 is 1.97 bits per heavy atom. The van der Waals surface area contributed by atoms with Gasteiger partial charge < -0.3 is 25.2 Å². The summed E-state index contributed by atoms with van der Waals surface area (Å²) in [6.45, 7) is 1.49. The van der Waals surface area contributed by atoms with Gasteiger partial charge in [-0.2, -0.15) is 0 Å². The van der Waals surface area contributed by atoms with E-state index in [0.29, 0.717) is 18.5 Å². The van der Waals surface area contributed by atoms with E-state index < -0.39 is 25.1 Å². The molecule has 34 heavy (non-hydrogen) atoms. The van der Waals surface area contributed by atoms with E-state index in [4.69, 9.17) is 4.74 Å². The normalized spacial score (nSPS) is 22.4. The fourth-order valence-corrected chi connectivity index (χ4v) is 4.53. The van der Waals surface area contributed by atoms with Crippen molar-refractivity contribution in [2.75, 3.05) is 26.5 Å². The number of carbonyl (C=O) groups excluding carboxylic acids is 1. The minimum Gasteiger partial charge on any atom is -0.386 e. The zero-order valence-corrected chi connectivity index (χ0v) is 20.7. The first-order valence-electron chi connectivity index (χ1n) is 11.5. The molecule has 3 rings (SSSR count). The van der Waals surface area contributed by atoms with Gasteiger partial charge in [-0.3, -0.25) is 4.79 Å². The predicted molar refractivity (Wildman–Crippen MR) is 131 cm³/mol. The van der Waals surface area contributed by atoms with Crippen molar-refractivity contribution in [2.45, 2.75) is 61.8 Å². The lowest BCUT2D eigenvalue weighted by molar-refractivity contribution is -0.173. The molecule has 1 aliphatic rings. The Labute approximate surface area is 204 Å². The molecule has 1 aromatic heterocycles. The van der Waals surface area contributed by atoms with Crippen molar-refractivity contribution in [3.05, 3.63) is 48.2 Å². The van der Waals surface area contributed by atoms with Crippen molar-refractivity contribution in [1.29, 1.82) is 0 Å². The summed E-state index contributed by atoms with van der Waals surface area (Å²) in [7, 11) is 1.90. The van der Waals surface area contributed by atoms with Crippen molar-refractivity contribution < 1.29 is 24.1 Å². The Bertz CT molecular complexity index is 905. The van der Waals surface area contributed by atoms with E-state index in [9.17, 15) is 19.4 Å². The Morgan fingerprint density at radius 3 is 2.56 bits per heavy atom. The third kappa shape index (κ3) is 7.23. The van der Waals surface area contributed by atoms with E-state index in [-0.39, 0.29) is 24.5 Å². The molecule has 0 bridgehead atoms. The van der Waals surface area contributed by atoms with Crippen LogP contribution in [0.1, 0.15) is 37.9 Å². The fourth-order valence-electron chi connectivity index (χ4n) is 4.17. The van der Waals surface area contributed by atoms with Crippen LogP contribution in [0.3, 0.4) is 0 Å². The van der Waals surface area contributed by atoms with Crippen LogP contribution in [0.2, 0.25) is 0 Å². The predicted octanol–water partition coefficient (Wildman–Crippen LogP) is 3.17. The Balaban J connectivity index is 1.53. The number of aliphatic hydroxyl groups is 2. The molecule has 1 amide bonds. The molecule has 1 aromatic carbocycles. The molecule has 0 unspecified atom stereocenters. The number of nitrogens with zero attached hydrogens (tertiary/aromatic N) is 2. The van der Waals surface area contributed by atoms with Crippen LogP contribution in [0.15, 0.2) is 47.6 Å². The number of rotatable bonds is 10. The molecule has 9 heteroatoms. The number of halogens is 1. The number of aromatic nitrogens is 1. The highest BCUT2D eigenvalue weighted by molar-refractivity contribution is 7.98. The van der Waals surface area contributed by atoms with E-state index in [2.05, 4.69) is 10.3 Å². The van der Waals surface area contributed by atoms with Gasteiger partial charge in [-0.15, -0.1) is 11.8 Å². The highest BCUT2D eigenvalue weighted by atomic mass is 32.2. The lowest BCUT2D eigenvalue weighted by Crippen LogP contribution is -2.45. The number of pyridine rings is 1. The van der Waals surface area contributed by atoms with Gasteiger partial charge in [0.05, 0.1) is 17.2 Å². The van der Waals surface area contributed by atoms with Gasteiger partial charge in [0, 0.05) is 37.2 Å². The molecule has 5 atom stereocenters. The van der Waals surface area contributed by atoms with E-state index in [1.807, 2.05) is 49.4 Å². The van der Waals surface area contributed by atoms with Gasteiger partial charge in [-0.05, 0) is 43.8 Å². The maximum atomic E-state index is 13.7. The largest absolute Gasteiger partial charge is 0.386 e. The number of nitrogens with one attached hydrogen (secondary N) is 1. The van der Waals surface area contributed by atoms with Gasteiger partial charge in [0.1, 0.15) is 12.8 Å². The molecule has 7 nitrogen and oxygen atoms in total. The van der Waals surface area contributed by atoms with Gasteiger partial charge in [-0.1, -0.05) is 30.3 Å². The number of aliphatic hydroxyl groups excluding tert-OH is 2. The van der Waals surface area contributed by atoms with Crippen LogP contribution in [0.4, 0.5) is 4.39 Å². The molecule has 1 saturated heterocycles. The molecule has 2 aromatic rings. The minimum absolute atomic E-state index is 0.0477. The van der Waals surface area contributed by atoms with Gasteiger partial charge in [0.15, 0.2) is 6.29 Å². The monoisotopic (exact) mass is 491 g/mol. The number of thioether (sulfide) groups is 1. The van der Waals surface area contributed by atoms with Crippen molar-refractivity contribution in [3.63, 3.8) is 0 Å². The summed E-state index contributed by atoms with van der Waals surface area (Å²) in [5, 5.41) is 24.0. The highest BCUT2D eigenvalue weighted by Crippen LogP contribution is 2.25. The Hall–Kier alpha value is -2.04. The quantitative estimate of drug-likeness (QED) is 0.440. The van der Waals surface area contributed by atoms with Crippen LogP contribution in [0.5, 0.6) is 0 Å². The second-order valence-electron chi connectivity index (χ2n) is 8.74. The van der Waals surface area contributed by atoms with Crippen molar-refractivity contribution in [3.8, 4) is 11.1 Å². The molecule has 0 aliphatic carbocycles. The average molecular weight is 492 g/mol. The number of hydrogen-bond donors (Lipinski definition) is 3. The lowest BCUT2D eigenvalue weighted by Gasteiger charge is -2.36. The number of hydrogen-bond acceptors (Lipinski definition) is 7. The van der Waals surface area contributed by atoms with Crippen LogP contribution in [0.25, 0.3) is 11.1 Å². The summed E-state index contributed by atoms with van der Waals surface area (Å²) in [6.07, 6.45) is 3.18. The molecule has 0 spiro atoms. The minimum atomic E-state index is -1.16. The van der Waals surface area contributed by atoms with Crippen LogP contribution >= 0.6 is 11.8 Å². The number of carbonyl (C=O) groups is 1. The summed E-state index contributed by atoms with van der Waals surface area (Å²) in [5.74, 6) is -0.328. The van der Waals surface area contributed by atoms with Crippen molar-refractivity contribution in [1.82, 2.24) is 15.2 Å². The first-order chi connectivity index (χ1) is 16.3. The molecule has 0 saturated carbocycles. The Kier molecular flexibility index (Phi) is 9.85. The fraction of sp³-hybridized carbons (Fsp3) is 0.520. The van der Waals surface area contributed by atoms with E-state index in [0.717, 1.165) is 22.6 Å². The molecule has 3 N–H and O–H groups in total. The average Bonchev–Trinajstić information content (AvgIpc) is 2.85. The number of amides is 1. The van der Waals surface area contributed by atoms with Crippen LogP contribution in [-0.4, -0.2) is 77.0 Å². The summed E-state index contributed by atoms with van der Waals surface area (Å²) in [5.41, 5.74) is 2.42. The molecular formula is C25H34FN3O4S. The molecule has 1 aliphatic heterocycles. The smallest absolute Gasteiger partial charge is 0.221 e. The Morgan fingerprint density at radius 1 is 1.26 bits per heavy atom. The maximum absolute atomic E-state index is 13.7. The molecule has 1 fully saturated rings. The topological polar surface area (TPSA) is 94.9 Å². The first-order valence-corrected chi connectivity index (χ1v) is 12.7. The van der Waals surface area contributed by atoms with Crippen LogP contribution in [0, 0.1) is 0 Å². The third-order valence-corrected chi connectivity index (χ3v) is 6.87. The van der Waals surface area contributed by atoms with Crippen molar-refractivity contribution in [2.24, 2.45) is 0 Å². The molecule has 2 heterocycles. The summed E-state index contributed by atoms with van der Waals surface area (Å²) in [4.78, 5) is 18.8. The maximum Gasteiger partial charge on any atom is 0.221 e. The lowest BCUT2D eigenvalue weighted by atomic mass is 9.99. The van der Waals surface area contributed by atoms with Gasteiger partial charge in [-0.25, -0.2) is 9.37 Å². The summed E-state index contributed by atoms with van der Waals surface area (Å²) < 4.78 is 19.1. The second kappa shape index (κ2) is 12.6. The standard InChI is InChI=1S/C25H34FN3O4S/c1-16-12-20(13-24(31)33-16)29(2)11-10-22(30)28-21(14-26)25(32)18-6-4-17(5-7-18)19-8-9-23(34-3)27-15-19/h4-9,15-16,20-21,24-25,31-32H,10-14H2,1-3H3,(H,28,30)/t16-,20+,21-,24-,25-/m1/s1. The second-order valence-corrected chi connectivity index (χ2v) is 9.57. The van der Waals surface area contributed by atoms with Crippen molar-refractivity contribution >= 4 is 17.7 Å². The highest BCUT2D eigenvalue weighted by Gasteiger charge is 2.29. The van der Waals surface area contributed by atoms with Crippen LogP contribution < -0.4 is 5.32 Å².